The molecule has 9 heteroatoms. The number of sulfone groups is 1. The van der Waals surface area contributed by atoms with Crippen LogP contribution in [-0.4, -0.2) is 56.1 Å². The second kappa shape index (κ2) is 7.48. The monoisotopic (exact) mass is 419 g/mol. The van der Waals surface area contributed by atoms with Gasteiger partial charge in [-0.15, -0.1) is 0 Å². The lowest BCUT2D eigenvalue weighted by atomic mass is 10.3. The fourth-order valence-electron chi connectivity index (χ4n) is 3.15. The Balaban J connectivity index is 1.41. The van der Waals surface area contributed by atoms with Crippen LogP contribution in [-0.2, 0) is 14.6 Å². The summed E-state index contributed by atoms with van der Waals surface area (Å²) in [5.41, 5.74) is 0.356. The van der Waals surface area contributed by atoms with Crippen LogP contribution in [0.25, 0.3) is 10.2 Å². The summed E-state index contributed by atoms with van der Waals surface area (Å²) in [6.07, 6.45) is 0. The molecule has 1 amide bonds. The smallest absolute Gasteiger partial charge is 0.238 e. The molecule has 1 saturated heterocycles. The lowest BCUT2D eigenvalue weighted by Gasteiger charge is -2.34. The van der Waals surface area contributed by atoms with Gasteiger partial charge in [0.25, 0.3) is 0 Å². The number of rotatable bonds is 4. The maximum absolute atomic E-state index is 13.8. The molecule has 0 spiro atoms. The summed E-state index contributed by atoms with van der Waals surface area (Å²) in [6.45, 7) is 1.86. The molecule has 6 nitrogen and oxygen atoms in total. The van der Waals surface area contributed by atoms with Crippen molar-refractivity contribution in [3.05, 3.63) is 54.3 Å². The predicted octanol–water partition coefficient (Wildman–Crippen LogP) is 2.56. The van der Waals surface area contributed by atoms with E-state index in [-0.39, 0.29) is 10.7 Å². The SMILES string of the molecule is O=C(CS(=O)(=O)c1ccccc1)N1CCN(c2nc3c(F)cccc3s2)CC1. The number of hydrogen-bond acceptors (Lipinski definition) is 6. The minimum atomic E-state index is -3.65. The summed E-state index contributed by atoms with van der Waals surface area (Å²) >= 11 is 1.41. The van der Waals surface area contributed by atoms with Crippen molar-refractivity contribution < 1.29 is 17.6 Å². The first-order valence-electron chi connectivity index (χ1n) is 8.80. The molecule has 0 aliphatic carbocycles. The lowest BCUT2D eigenvalue weighted by molar-refractivity contribution is -0.128. The van der Waals surface area contributed by atoms with E-state index in [4.69, 9.17) is 0 Å². The molecule has 1 aliphatic heterocycles. The van der Waals surface area contributed by atoms with E-state index in [1.165, 1.54) is 29.5 Å². The third kappa shape index (κ3) is 3.72. The summed E-state index contributed by atoms with van der Waals surface area (Å²) in [5.74, 6) is -1.29. The van der Waals surface area contributed by atoms with Crippen LogP contribution in [0.4, 0.5) is 9.52 Å². The molecule has 0 atom stereocenters. The van der Waals surface area contributed by atoms with Crippen LogP contribution in [0.1, 0.15) is 0 Å². The number of carbonyl (C=O) groups excluding carboxylic acids is 1. The summed E-state index contributed by atoms with van der Waals surface area (Å²) in [4.78, 5) is 20.6. The van der Waals surface area contributed by atoms with Crippen LogP contribution in [0.3, 0.4) is 0 Å². The van der Waals surface area contributed by atoms with Gasteiger partial charge in [-0.2, -0.15) is 0 Å². The molecule has 4 rings (SSSR count). The number of anilines is 1. The average molecular weight is 420 g/mol. The topological polar surface area (TPSA) is 70.6 Å². The van der Waals surface area contributed by atoms with Crippen molar-refractivity contribution in [1.29, 1.82) is 0 Å². The number of carbonyl (C=O) groups is 1. The number of hydrogen-bond donors (Lipinski definition) is 0. The minimum Gasteiger partial charge on any atom is -0.345 e. The highest BCUT2D eigenvalue weighted by Gasteiger charge is 2.27. The van der Waals surface area contributed by atoms with Crippen LogP contribution in [0.15, 0.2) is 53.4 Å². The Morgan fingerprint density at radius 3 is 2.43 bits per heavy atom. The van der Waals surface area contributed by atoms with E-state index < -0.39 is 21.5 Å². The van der Waals surface area contributed by atoms with Crippen LogP contribution in [0.2, 0.25) is 0 Å². The first-order valence-corrected chi connectivity index (χ1v) is 11.3. The maximum Gasteiger partial charge on any atom is 0.238 e. The van der Waals surface area contributed by atoms with Crippen molar-refractivity contribution in [2.75, 3.05) is 36.8 Å². The Morgan fingerprint density at radius 1 is 1.04 bits per heavy atom. The van der Waals surface area contributed by atoms with E-state index in [0.29, 0.717) is 36.8 Å². The van der Waals surface area contributed by atoms with Crippen molar-refractivity contribution in [3.8, 4) is 0 Å². The molecule has 2 aromatic carbocycles. The van der Waals surface area contributed by atoms with Gasteiger partial charge in [-0.05, 0) is 24.3 Å². The Labute approximate surface area is 166 Å². The molecule has 0 N–H and O–H groups in total. The number of piperazine rings is 1. The second-order valence-corrected chi connectivity index (χ2v) is 9.52. The van der Waals surface area contributed by atoms with Gasteiger partial charge in [0.15, 0.2) is 15.0 Å². The number of aromatic nitrogens is 1. The van der Waals surface area contributed by atoms with Gasteiger partial charge in [0.2, 0.25) is 5.91 Å². The quantitative estimate of drug-likeness (QED) is 0.650. The van der Waals surface area contributed by atoms with Crippen LogP contribution in [0, 0.1) is 5.82 Å². The largest absolute Gasteiger partial charge is 0.345 e. The van der Waals surface area contributed by atoms with Gasteiger partial charge in [-0.25, -0.2) is 17.8 Å². The molecular formula is C19H18FN3O3S2. The number of fused-ring (bicyclic) bond motifs is 1. The molecular weight excluding hydrogens is 401 g/mol. The van der Waals surface area contributed by atoms with Gasteiger partial charge < -0.3 is 9.80 Å². The van der Waals surface area contributed by atoms with Crippen molar-refractivity contribution in [3.63, 3.8) is 0 Å². The molecule has 3 aromatic rings. The van der Waals surface area contributed by atoms with E-state index in [0.717, 1.165) is 4.70 Å². The molecule has 146 valence electrons. The normalized spacial score (nSPS) is 15.2. The van der Waals surface area contributed by atoms with E-state index in [1.807, 2.05) is 11.0 Å². The highest BCUT2D eigenvalue weighted by atomic mass is 32.2. The Hall–Kier alpha value is -2.52. The number of halogens is 1. The van der Waals surface area contributed by atoms with Crippen molar-refractivity contribution in [2.24, 2.45) is 0 Å². The van der Waals surface area contributed by atoms with Crippen LogP contribution in [0.5, 0.6) is 0 Å². The second-order valence-electron chi connectivity index (χ2n) is 6.52. The van der Waals surface area contributed by atoms with E-state index in [9.17, 15) is 17.6 Å². The molecule has 1 aliphatic rings. The first kappa shape index (κ1) is 18.8. The van der Waals surface area contributed by atoms with Gasteiger partial charge in [0, 0.05) is 26.2 Å². The van der Waals surface area contributed by atoms with Crippen LogP contribution < -0.4 is 4.90 Å². The van der Waals surface area contributed by atoms with E-state index in [1.54, 1.807) is 29.2 Å². The van der Waals surface area contributed by atoms with Crippen molar-refractivity contribution >= 4 is 42.4 Å². The number of thiazole rings is 1. The fourth-order valence-corrected chi connectivity index (χ4v) is 5.43. The van der Waals surface area contributed by atoms with Gasteiger partial charge in [-0.1, -0.05) is 35.6 Å². The summed E-state index contributed by atoms with van der Waals surface area (Å²) in [6, 6.07) is 12.9. The third-order valence-electron chi connectivity index (χ3n) is 4.68. The minimum absolute atomic E-state index is 0.151. The number of nitrogens with zero attached hydrogens (tertiary/aromatic N) is 3. The highest BCUT2D eigenvalue weighted by Crippen LogP contribution is 2.30. The Kier molecular flexibility index (Phi) is 5.03. The number of amides is 1. The van der Waals surface area contributed by atoms with E-state index in [2.05, 4.69) is 4.98 Å². The number of para-hydroxylation sites is 1. The third-order valence-corrected chi connectivity index (χ3v) is 7.38. The molecule has 0 bridgehead atoms. The molecule has 0 saturated carbocycles. The predicted molar refractivity (Wildman–Crippen MR) is 107 cm³/mol. The maximum atomic E-state index is 13.8. The average Bonchev–Trinajstić information content (AvgIpc) is 3.14. The zero-order chi connectivity index (χ0) is 19.7. The summed E-state index contributed by atoms with van der Waals surface area (Å²) < 4.78 is 39.4. The molecule has 1 fully saturated rings. The van der Waals surface area contributed by atoms with Gasteiger partial charge >= 0.3 is 0 Å². The lowest BCUT2D eigenvalue weighted by Crippen LogP contribution is -2.50. The van der Waals surface area contributed by atoms with E-state index >= 15 is 0 Å². The fraction of sp³-hybridized carbons (Fsp3) is 0.263. The van der Waals surface area contributed by atoms with Gasteiger partial charge in [0.05, 0.1) is 9.60 Å². The van der Waals surface area contributed by atoms with Crippen molar-refractivity contribution in [1.82, 2.24) is 9.88 Å². The van der Waals surface area contributed by atoms with Gasteiger partial charge in [0.1, 0.15) is 17.1 Å². The Morgan fingerprint density at radius 2 is 1.75 bits per heavy atom. The molecule has 28 heavy (non-hydrogen) atoms. The van der Waals surface area contributed by atoms with Gasteiger partial charge in [-0.3, -0.25) is 4.79 Å². The summed E-state index contributed by atoms with van der Waals surface area (Å²) in [7, 11) is -3.65. The zero-order valence-electron chi connectivity index (χ0n) is 14.9. The molecule has 0 unspecified atom stereocenters. The molecule has 2 heterocycles. The molecule has 1 aromatic heterocycles. The zero-order valence-corrected chi connectivity index (χ0v) is 16.5. The Bertz CT molecular complexity index is 1110. The van der Waals surface area contributed by atoms with Crippen molar-refractivity contribution in [2.45, 2.75) is 4.90 Å². The number of benzene rings is 2. The standard InChI is InChI=1S/C19H18FN3O3S2/c20-15-7-4-8-16-18(15)21-19(27-16)23-11-9-22(10-12-23)17(24)13-28(25,26)14-5-2-1-3-6-14/h1-8H,9-13H2. The van der Waals surface area contributed by atoms with Crippen LogP contribution >= 0.6 is 11.3 Å². The molecule has 0 radical (unpaired) electrons. The highest BCUT2D eigenvalue weighted by molar-refractivity contribution is 7.92. The summed E-state index contributed by atoms with van der Waals surface area (Å²) in [5, 5.41) is 0.712. The first-order chi connectivity index (χ1) is 13.4.